The Morgan fingerprint density at radius 2 is 1.80 bits per heavy atom. The van der Waals surface area contributed by atoms with E-state index in [-0.39, 0.29) is 12.2 Å². The molecule has 0 spiro atoms. The predicted molar refractivity (Wildman–Crippen MR) is 154 cm³/mol. The number of thiazole rings is 1. The van der Waals surface area contributed by atoms with Gasteiger partial charge in [-0.15, -0.1) is 0 Å². The molecular weight excluding hydrogens is 522 g/mol. The predicted octanol–water partition coefficient (Wildman–Crippen LogP) is 4.56. The summed E-state index contributed by atoms with van der Waals surface area (Å²) in [7, 11) is 0. The van der Waals surface area contributed by atoms with E-state index in [4.69, 9.17) is 14.7 Å². The quantitative estimate of drug-likeness (QED) is 0.315. The SMILES string of the molecule is CCOC(=O)C1=C(C)N=c2s/c(=C\c3ccccc3OCc3ccc(C#N)cc3)c(=O)n2[C@@H]1c1ccc(C)cc1. The summed E-state index contributed by atoms with van der Waals surface area (Å²) in [5.74, 6) is 0.140. The number of benzene rings is 3. The molecule has 0 unspecified atom stereocenters. The number of allylic oxidation sites excluding steroid dienone is 1. The zero-order chi connectivity index (χ0) is 28.2. The van der Waals surface area contributed by atoms with Crippen LogP contribution in [0.5, 0.6) is 5.75 Å². The van der Waals surface area contributed by atoms with Crippen LogP contribution in [0.4, 0.5) is 0 Å². The van der Waals surface area contributed by atoms with Gasteiger partial charge in [0.1, 0.15) is 12.4 Å². The van der Waals surface area contributed by atoms with Crippen LogP contribution in [0.3, 0.4) is 0 Å². The van der Waals surface area contributed by atoms with Crippen LogP contribution < -0.4 is 19.6 Å². The first-order valence-corrected chi connectivity index (χ1v) is 13.7. The third-order valence-electron chi connectivity index (χ3n) is 6.59. The molecular formula is C32H27N3O4S. The van der Waals surface area contributed by atoms with Crippen molar-refractivity contribution in [3.05, 3.63) is 132 Å². The minimum absolute atomic E-state index is 0.222. The molecule has 40 heavy (non-hydrogen) atoms. The van der Waals surface area contributed by atoms with Crippen molar-refractivity contribution in [3.63, 3.8) is 0 Å². The van der Waals surface area contributed by atoms with Crippen molar-refractivity contribution in [1.82, 2.24) is 4.57 Å². The van der Waals surface area contributed by atoms with Crippen LogP contribution in [0.2, 0.25) is 0 Å². The van der Waals surface area contributed by atoms with Crippen molar-refractivity contribution in [2.75, 3.05) is 6.61 Å². The van der Waals surface area contributed by atoms with Gasteiger partial charge in [-0.2, -0.15) is 5.26 Å². The standard InChI is InChI=1S/C32H27N3O4S/c1-4-38-31(37)28-21(3)34-32-35(29(28)24-15-9-20(2)10-16-24)30(36)27(40-32)17-25-7-5-6-8-26(25)39-19-23-13-11-22(18-33)12-14-23/h5-17,29H,4,19H2,1-3H3/b27-17-/t29-/m1/s1. The normalized spacial score (nSPS) is 14.8. The van der Waals surface area contributed by atoms with E-state index in [1.807, 2.05) is 67.6 Å². The van der Waals surface area contributed by atoms with Gasteiger partial charge in [-0.1, -0.05) is 71.5 Å². The Balaban J connectivity index is 1.57. The molecule has 1 atom stereocenters. The monoisotopic (exact) mass is 549 g/mol. The van der Waals surface area contributed by atoms with Gasteiger partial charge in [-0.3, -0.25) is 9.36 Å². The van der Waals surface area contributed by atoms with Crippen molar-refractivity contribution in [2.45, 2.75) is 33.4 Å². The summed E-state index contributed by atoms with van der Waals surface area (Å²) in [6.07, 6.45) is 1.80. The highest BCUT2D eigenvalue weighted by atomic mass is 32.1. The Bertz CT molecular complexity index is 1830. The molecule has 4 aromatic rings. The first-order valence-electron chi connectivity index (χ1n) is 12.9. The summed E-state index contributed by atoms with van der Waals surface area (Å²) in [4.78, 5) is 32.1. The maximum absolute atomic E-state index is 13.9. The van der Waals surface area contributed by atoms with E-state index < -0.39 is 12.0 Å². The molecule has 0 saturated carbocycles. The highest BCUT2D eigenvalue weighted by Gasteiger charge is 2.33. The third kappa shape index (κ3) is 5.37. The number of nitriles is 1. The minimum atomic E-state index is -0.652. The van der Waals surface area contributed by atoms with Crippen LogP contribution in [0.1, 0.15) is 47.7 Å². The fourth-order valence-electron chi connectivity index (χ4n) is 4.56. The zero-order valence-electron chi connectivity index (χ0n) is 22.4. The van der Waals surface area contributed by atoms with Crippen LogP contribution in [-0.2, 0) is 16.1 Å². The summed E-state index contributed by atoms with van der Waals surface area (Å²) in [6, 6.07) is 24.0. The highest BCUT2D eigenvalue weighted by Crippen LogP contribution is 2.31. The molecule has 2 heterocycles. The summed E-state index contributed by atoms with van der Waals surface area (Å²) in [5, 5.41) is 9.02. The topological polar surface area (TPSA) is 93.7 Å². The first-order chi connectivity index (χ1) is 19.4. The fraction of sp³-hybridized carbons (Fsp3) is 0.188. The molecule has 0 bridgehead atoms. The Hall–Kier alpha value is -4.74. The molecule has 8 heteroatoms. The van der Waals surface area contributed by atoms with E-state index in [1.165, 1.54) is 11.3 Å². The molecule has 7 nitrogen and oxygen atoms in total. The second kappa shape index (κ2) is 11.6. The number of nitrogens with zero attached hydrogens (tertiary/aromatic N) is 3. The van der Waals surface area contributed by atoms with Gasteiger partial charge in [0, 0.05) is 5.56 Å². The molecule has 1 aromatic heterocycles. The Morgan fingerprint density at radius 3 is 2.50 bits per heavy atom. The second-order valence-electron chi connectivity index (χ2n) is 9.35. The molecule has 0 aliphatic carbocycles. The van der Waals surface area contributed by atoms with Crippen LogP contribution in [0.15, 0.2) is 93.9 Å². The van der Waals surface area contributed by atoms with Crippen molar-refractivity contribution in [2.24, 2.45) is 4.99 Å². The van der Waals surface area contributed by atoms with E-state index in [1.54, 1.807) is 36.6 Å². The minimum Gasteiger partial charge on any atom is -0.488 e. The molecule has 0 fully saturated rings. The van der Waals surface area contributed by atoms with Crippen molar-refractivity contribution in [1.29, 1.82) is 5.26 Å². The number of carbonyl (C=O) groups is 1. The van der Waals surface area contributed by atoms with Crippen molar-refractivity contribution < 1.29 is 14.3 Å². The number of hydrogen-bond donors (Lipinski definition) is 0. The van der Waals surface area contributed by atoms with Crippen LogP contribution in [-0.4, -0.2) is 17.1 Å². The lowest BCUT2D eigenvalue weighted by atomic mass is 9.95. The summed E-state index contributed by atoms with van der Waals surface area (Å²) in [6.45, 7) is 6.05. The van der Waals surface area contributed by atoms with Gasteiger partial charge in [0.2, 0.25) is 0 Å². The molecule has 200 valence electrons. The molecule has 1 aliphatic heterocycles. The second-order valence-corrected chi connectivity index (χ2v) is 10.4. The number of fused-ring (bicyclic) bond motifs is 1. The Morgan fingerprint density at radius 1 is 1.07 bits per heavy atom. The average molecular weight is 550 g/mol. The number of ether oxygens (including phenoxy) is 2. The maximum atomic E-state index is 13.9. The maximum Gasteiger partial charge on any atom is 0.338 e. The van der Waals surface area contributed by atoms with Crippen LogP contribution in [0.25, 0.3) is 6.08 Å². The first kappa shape index (κ1) is 26.9. The summed E-state index contributed by atoms with van der Waals surface area (Å²) < 4.78 is 13.5. The summed E-state index contributed by atoms with van der Waals surface area (Å²) in [5.41, 5.74) is 4.78. The average Bonchev–Trinajstić information content (AvgIpc) is 3.26. The molecule has 0 saturated heterocycles. The smallest absolute Gasteiger partial charge is 0.338 e. The van der Waals surface area contributed by atoms with E-state index in [2.05, 4.69) is 11.1 Å². The van der Waals surface area contributed by atoms with E-state index >= 15 is 0 Å². The number of carbonyl (C=O) groups excluding carboxylic acids is 1. The van der Waals surface area contributed by atoms with Gasteiger partial charge in [0.05, 0.1) is 40.1 Å². The largest absolute Gasteiger partial charge is 0.488 e. The lowest BCUT2D eigenvalue weighted by Crippen LogP contribution is -2.39. The number of hydrogen-bond acceptors (Lipinski definition) is 7. The molecule has 0 radical (unpaired) electrons. The number of rotatable bonds is 7. The van der Waals surface area contributed by atoms with Gasteiger partial charge in [-0.05, 0) is 56.2 Å². The number of para-hydroxylation sites is 1. The zero-order valence-corrected chi connectivity index (χ0v) is 23.2. The van der Waals surface area contributed by atoms with E-state index in [0.29, 0.717) is 38.5 Å². The van der Waals surface area contributed by atoms with Gasteiger partial charge in [-0.25, -0.2) is 9.79 Å². The molecule has 5 rings (SSSR count). The Labute approximate surface area is 235 Å². The van der Waals surface area contributed by atoms with Gasteiger partial charge < -0.3 is 9.47 Å². The molecule has 3 aromatic carbocycles. The lowest BCUT2D eigenvalue weighted by molar-refractivity contribution is -0.139. The number of esters is 1. The molecule has 0 amide bonds. The van der Waals surface area contributed by atoms with Gasteiger partial charge in [0.25, 0.3) is 5.56 Å². The van der Waals surface area contributed by atoms with Gasteiger partial charge in [0.15, 0.2) is 4.80 Å². The van der Waals surface area contributed by atoms with Crippen LogP contribution in [0, 0.1) is 18.3 Å². The van der Waals surface area contributed by atoms with Gasteiger partial charge >= 0.3 is 5.97 Å². The number of aryl methyl sites for hydroxylation is 1. The van der Waals surface area contributed by atoms with E-state index in [0.717, 1.165) is 22.3 Å². The van der Waals surface area contributed by atoms with E-state index in [9.17, 15) is 9.59 Å². The Kier molecular flexibility index (Phi) is 7.76. The third-order valence-corrected chi connectivity index (χ3v) is 7.58. The number of aromatic nitrogens is 1. The lowest BCUT2D eigenvalue weighted by Gasteiger charge is -2.24. The van der Waals surface area contributed by atoms with Crippen molar-refractivity contribution in [3.8, 4) is 11.8 Å². The highest BCUT2D eigenvalue weighted by molar-refractivity contribution is 7.07. The van der Waals surface area contributed by atoms with Crippen LogP contribution >= 0.6 is 11.3 Å². The fourth-order valence-corrected chi connectivity index (χ4v) is 5.60. The molecule has 1 aliphatic rings. The molecule has 0 N–H and O–H groups in total. The van der Waals surface area contributed by atoms with Crippen molar-refractivity contribution >= 4 is 23.4 Å². The summed E-state index contributed by atoms with van der Waals surface area (Å²) >= 11 is 1.27.